The van der Waals surface area contributed by atoms with Gasteiger partial charge in [0.2, 0.25) is 0 Å². The minimum atomic E-state index is 0.540. The predicted molar refractivity (Wildman–Crippen MR) is 79.4 cm³/mol. The van der Waals surface area contributed by atoms with Crippen LogP contribution in [0.2, 0.25) is 0 Å². The monoisotopic (exact) mass is 312 g/mol. The molecule has 4 heteroatoms. The molecule has 0 aliphatic carbocycles. The van der Waals surface area contributed by atoms with Gasteiger partial charge in [-0.1, -0.05) is 0 Å². The van der Waals surface area contributed by atoms with E-state index in [-0.39, 0.29) is 0 Å². The molecule has 100 valence electrons. The van der Waals surface area contributed by atoms with Gasteiger partial charge in [-0.2, -0.15) is 0 Å². The molecule has 1 N–H and O–H groups in total. The molecule has 1 heterocycles. The lowest BCUT2D eigenvalue weighted by Gasteiger charge is -2.21. The van der Waals surface area contributed by atoms with Gasteiger partial charge in [-0.15, -0.1) is 0 Å². The SMILES string of the molecule is COc1cc(NC2CCN(C(C)C)C2)ccc1Br. The van der Waals surface area contributed by atoms with Crippen molar-refractivity contribution >= 4 is 21.6 Å². The zero-order chi connectivity index (χ0) is 13.1. The van der Waals surface area contributed by atoms with Crippen LogP contribution in [0.25, 0.3) is 0 Å². The number of hydrogen-bond acceptors (Lipinski definition) is 3. The van der Waals surface area contributed by atoms with Gasteiger partial charge in [0.25, 0.3) is 0 Å². The van der Waals surface area contributed by atoms with Gasteiger partial charge in [-0.25, -0.2) is 0 Å². The first-order chi connectivity index (χ1) is 8.60. The molecule has 1 aromatic rings. The third-order valence-electron chi connectivity index (χ3n) is 3.47. The van der Waals surface area contributed by atoms with E-state index in [2.05, 4.69) is 46.1 Å². The van der Waals surface area contributed by atoms with Crippen molar-refractivity contribution in [2.24, 2.45) is 0 Å². The average molecular weight is 313 g/mol. The molecular weight excluding hydrogens is 292 g/mol. The molecule has 0 saturated carbocycles. The van der Waals surface area contributed by atoms with Crippen LogP contribution >= 0.6 is 15.9 Å². The first-order valence-corrected chi connectivity index (χ1v) is 7.23. The van der Waals surface area contributed by atoms with Gasteiger partial charge >= 0.3 is 0 Å². The van der Waals surface area contributed by atoms with Crippen molar-refractivity contribution in [2.45, 2.75) is 32.4 Å². The second-order valence-electron chi connectivity index (χ2n) is 5.07. The van der Waals surface area contributed by atoms with Crippen molar-refractivity contribution in [3.63, 3.8) is 0 Å². The maximum absolute atomic E-state index is 5.31. The van der Waals surface area contributed by atoms with Crippen molar-refractivity contribution in [3.8, 4) is 5.75 Å². The molecule has 0 spiro atoms. The fraction of sp³-hybridized carbons (Fsp3) is 0.571. The summed E-state index contributed by atoms with van der Waals surface area (Å²) in [5, 5.41) is 3.59. The minimum Gasteiger partial charge on any atom is -0.495 e. The number of methoxy groups -OCH3 is 1. The van der Waals surface area contributed by atoms with Crippen LogP contribution in [0, 0.1) is 0 Å². The molecule has 18 heavy (non-hydrogen) atoms. The van der Waals surface area contributed by atoms with Gasteiger partial charge in [0.1, 0.15) is 5.75 Å². The van der Waals surface area contributed by atoms with Crippen LogP contribution in [0.4, 0.5) is 5.69 Å². The zero-order valence-corrected chi connectivity index (χ0v) is 12.8. The minimum absolute atomic E-state index is 0.540. The third-order valence-corrected chi connectivity index (χ3v) is 4.13. The second kappa shape index (κ2) is 5.93. The quantitative estimate of drug-likeness (QED) is 0.922. The number of nitrogens with zero attached hydrogens (tertiary/aromatic N) is 1. The van der Waals surface area contributed by atoms with Crippen molar-refractivity contribution in [1.29, 1.82) is 0 Å². The summed E-state index contributed by atoms with van der Waals surface area (Å²) in [6, 6.07) is 7.33. The third kappa shape index (κ3) is 3.18. The smallest absolute Gasteiger partial charge is 0.135 e. The van der Waals surface area contributed by atoms with E-state index in [9.17, 15) is 0 Å². The molecule has 1 aliphatic heterocycles. The molecule has 1 saturated heterocycles. The van der Waals surface area contributed by atoms with Crippen molar-refractivity contribution in [1.82, 2.24) is 4.90 Å². The highest BCUT2D eigenvalue weighted by atomic mass is 79.9. The molecule has 0 bridgehead atoms. The van der Waals surface area contributed by atoms with Crippen LogP contribution < -0.4 is 10.1 Å². The Morgan fingerprint density at radius 2 is 2.22 bits per heavy atom. The summed E-state index contributed by atoms with van der Waals surface area (Å²) in [5.41, 5.74) is 1.13. The van der Waals surface area contributed by atoms with Gasteiger partial charge in [0.15, 0.2) is 0 Å². The lowest BCUT2D eigenvalue weighted by Crippen LogP contribution is -2.31. The van der Waals surface area contributed by atoms with Crippen LogP contribution in [0.1, 0.15) is 20.3 Å². The maximum atomic E-state index is 5.31. The van der Waals surface area contributed by atoms with E-state index >= 15 is 0 Å². The van der Waals surface area contributed by atoms with Gasteiger partial charge in [-0.3, -0.25) is 4.90 Å². The Morgan fingerprint density at radius 3 is 2.83 bits per heavy atom. The van der Waals surface area contributed by atoms with Gasteiger partial charge in [0.05, 0.1) is 11.6 Å². The molecule has 1 aromatic carbocycles. The highest BCUT2D eigenvalue weighted by molar-refractivity contribution is 9.10. The number of anilines is 1. The molecule has 1 unspecified atom stereocenters. The van der Waals surface area contributed by atoms with Crippen LogP contribution in [0.5, 0.6) is 5.75 Å². The predicted octanol–water partition coefficient (Wildman–Crippen LogP) is 3.35. The van der Waals surface area contributed by atoms with Crippen LogP contribution in [-0.2, 0) is 0 Å². The molecular formula is C14H21BrN2O. The van der Waals surface area contributed by atoms with E-state index < -0.39 is 0 Å². The molecule has 0 amide bonds. The Balaban J connectivity index is 1.98. The molecule has 0 aromatic heterocycles. The number of rotatable bonds is 4. The lowest BCUT2D eigenvalue weighted by molar-refractivity contribution is 0.274. The summed E-state index contributed by atoms with van der Waals surface area (Å²) in [4.78, 5) is 2.51. The molecule has 2 rings (SSSR count). The highest BCUT2D eigenvalue weighted by Crippen LogP contribution is 2.28. The molecule has 3 nitrogen and oxygen atoms in total. The van der Waals surface area contributed by atoms with Gasteiger partial charge in [0, 0.05) is 36.9 Å². The van der Waals surface area contributed by atoms with E-state index in [1.807, 2.05) is 12.1 Å². The molecule has 1 fully saturated rings. The van der Waals surface area contributed by atoms with Gasteiger partial charge < -0.3 is 10.1 Å². The Kier molecular flexibility index (Phi) is 4.51. The fourth-order valence-electron chi connectivity index (χ4n) is 2.36. The lowest BCUT2D eigenvalue weighted by atomic mass is 10.2. The van der Waals surface area contributed by atoms with Crippen LogP contribution in [0.3, 0.4) is 0 Å². The van der Waals surface area contributed by atoms with E-state index in [1.165, 1.54) is 13.0 Å². The Morgan fingerprint density at radius 1 is 1.44 bits per heavy atom. The Hall–Kier alpha value is -0.740. The number of ether oxygens (including phenoxy) is 1. The van der Waals surface area contributed by atoms with E-state index in [0.717, 1.165) is 22.5 Å². The summed E-state index contributed by atoms with van der Waals surface area (Å²) in [5.74, 6) is 0.874. The fourth-order valence-corrected chi connectivity index (χ4v) is 2.77. The molecule has 0 radical (unpaired) electrons. The average Bonchev–Trinajstić information content (AvgIpc) is 2.80. The second-order valence-corrected chi connectivity index (χ2v) is 5.92. The number of likely N-dealkylation sites (tertiary alicyclic amines) is 1. The van der Waals surface area contributed by atoms with Gasteiger partial charge in [-0.05, 0) is 48.3 Å². The summed E-state index contributed by atoms with van der Waals surface area (Å²) < 4.78 is 6.30. The zero-order valence-electron chi connectivity index (χ0n) is 11.2. The topological polar surface area (TPSA) is 24.5 Å². The van der Waals surface area contributed by atoms with E-state index in [1.54, 1.807) is 7.11 Å². The first-order valence-electron chi connectivity index (χ1n) is 6.44. The van der Waals surface area contributed by atoms with E-state index in [0.29, 0.717) is 12.1 Å². The van der Waals surface area contributed by atoms with Crippen LogP contribution in [-0.4, -0.2) is 37.2 Å². The number of benzene rings is 1. The van der Waals surface area contributed by atoms with Crippen LogP contribution in [0.15, 0.2) is 22.7 Å². The number of nitrogens with one attached hydrogen (secondary N) is 1. The van der Waals surface area contributed by atoms with Crippen molar-refractivity contribution in [2.75, 3.05) is 25.5 Å². The van der Waals surface area contributed by atoms with Crippen molar-refractivity contribution < 1.29 is 4.74 Å². The number of halogens is 1. The highest BCUT2D eigenvalue weighted by Gasteiger charge is 2.23. The normalized spacial score (nSPS) is 20.4. The largest absolute Gasteiger partial charge is 0.495 e. The first kappa shape index (κ1) is 13.7. The van der Waals surface area contributed by atoms with Crippen molar-refractivity contribution in [3.05, 3.63) is 22.7 Å². The summed E-state index contributed by atoms with van der Waals surface area (Å²) in [7, 11) is 1.69. The summed E-state index contributed by atoms with van der Waals surface area (Å²) >= 11 is 3.47. The van der Waals surface area contributed by atoms with E-state index in [4.69, 9.17) is 4.74 Å². The maximum Gasteiger partial charge on any atom is 0.135 e. The molecule has 1 atom stereocenters. The molecule has 1 aliphatic rings. The number of hydrogen-bond donors (Lipinski definition) is 1. The summed E-state index contributed by atoms with van der Waals surface area (Å²) in [6.07, 6.45) is 1.20. The standard InChI is InChI=1S/C14H21BrN2O/c1-10(2)17-7-6-12(9-17)16-11-4-5-13(15)14(8-11)18-3/h4-5,8,10,12,16H,6-7,9H2,1-3H3. The Labute approximate surface area is 118 Å². The Bertz CT molecular complexity index is 409. The summed E-state index contributed by atoms with van der Waals surface area (Å²) in [6.45, 7) is 6.81.